The van der Waals surface area contributed by atoms with Crippen LogP contribution in [0.5, 0.6) is 0 Å². The molecule has 0 saturated heterocycles. The summed E-state index contributed by atoms with van der Waals surface area (Å²) in [5.41, 5.74) is 0. The lowest BCUT2D eigenvalue weighted by Gasteiger charge is -2.06. The fourth-order valence-corrected chi connectivity index (χ4v) is 1.17. The SMILES string of the molecule is Cc1ccc(/C=C/C(=O)OCCOC(C)C)o1. The van der Waals surface area contributed by atoms with E-state index in [1.807, 2.05) is 26.8 Å². The summed E-state index contributed by atoms with van der Waals surface area (Å²) < 4.78 is 15.4. The number of carbonyl (C=O) groups excluding carboxylic acids is 1. The summed E-state index contributed by atoms with van der Waals surface area (Å²) in [6.07, 6.45) is 3.07. The van der Waals surface area contributed by atoms with Crippen LogP contribution in [0.2, 0.25) is 0 Å². The topological polar surface area (TPSA) is 48.7 Å². The van der Waals surface area contributed by atoms with Crippen molar-refractivity contribution in [2.24, 2.45) is 0 Å². The van der Waals surface area contributed by atoms with Crippen LogP contribution in [-0.2, 0) is 14.3 Å². The molecule has 0 aromatic carbocycles. The van der Waals surface area contributed by atoms with Crippen molar-refractivity contribution in [2.45, 2.75) is 26.9 Å². The largest absolute Gasteiger partial charge is 0.462 e. The Balaban J connectivity index is 2.23. The van der Waals surface area contributed by atoms with Gasteiger partial charge >= 0.3 is 5.97 Å². The van der Waals surface area contributed by atoms with Gasteiger partial charge in [0.05, 0.1) is 12.7 Å². The third kappa shape index (κ3) is 5.92. The van der Waals surface area contributed by atoms with Crippen molar-refractivity contribution >= 4 is 12.0 Å². The number of aryl methyl sites for hydroxylation is 1. The van der Waals surface area contributed by atoms with Crippen molar-refractivity contribution in [3.63, 3.8) is 0 Å². The van der Waals surface area contributed by atoms with Crippen LogP contribution in [0.25, 0.3) is 6.08 Å². The highest BCUT2D eigenvalue weighted by Crippen LogP contribution is 2.07. The van der Waals surface area contributed by atoms with Gasteiger partial charge in [-0.2, -0.15) is 0 Å². The zero-order valence-corrected chi connectivity index (χ0v) is 10.4. The molecule has 0 radical (unpaired) electrons. The highest BCUT2D eigenvalue weighted by molar-refractivity contribution is 5.86. The Morgan fingerprint density at radius 1 is 1.41 bits per heavy atom. The maximum atomic E-state index is 11.3. The predicted molar refractivity (Wildman–Crippen MR) is 64.5 cm³/mol. The molecule has 0 aliphatic heterocycles. The minimum atomic E-state index is -0.397. The third-order valence-corrected chi connectivity index (χ3v) is 1.92. The Morgan fingerprint density at radius 2 is 2.18 bits per heavy atom. The lowest BCUT2D eigenvalue weighted by Crippen LogP contribution is -2.11. The van der Waals surface area contributed by atoms with Crippen molar-refractivity contribution < 1.29 is 18.7 Å². The second-order valence-electron chi connectivity index (χ2n) is 3.87. The molecule has 4 nitrogen and oxygen atoms in total. The lowest BCUT2D eigenvalue weighted by molar-refractivity contribution is -0.139. The molecule has 1 rings (SSSR count). The molecule has 0 fully saturated rings. The second-order valence-corrected chi connectivity index (χ2v) is 3.87. The van der Waals surface area contributed by atoms with Crippen molar-refractivity contribution in [1.82, 2.24) is 0 Å². The molecular weight excluding hydrogens is 220 g/mol. The molecule has 0 atom stereocenters. The van der Waals surface area contributed by atoms with Crippen molar-refractivity contribution in [3.8, 4) is 0 Å². The van der Waals surface area contributed by atoms with Gasteiger partial charge in [0.25, 0.3) is 0 Å². The quantitative estimate of drug-likeness (QED) is 0.434. The number of furan rings is 1. The van der Waals surface area contributed by atoms with Gasteiger partial charge in [-0.15, -0.1) is 0 Å². The van der Waals surface area contributed by atoms with Crippen LogP contribution in [0.3, 0.4) is 0 Å². The van der Waals surface area contributed by atoms with Gasteiger partial charge < -0.3 is 13.9 Å². The van der Waals surface area contributed by atoms with Crippen LogP contribution in [0.15, 0.2) is 22.6 Å². The van der Waals surface area contributed by atoms with E-state index in [2.05, 4.69) is 0 Å². The zero-order chi connectivity index (χ0) is 12.7. The van der Waals surface area contributed by atoms with Crippen molar-refractivity contribution in [1.29, 1.82) is 0 Å². The Kier molecular flexibility index (Phi) is 5.49. The van der Waals surface area contributed by atoms with E-state index in [-0.39, 0.29) is 12.7 Å². The van der Waals surface area contributed by atoms with Gasteiger partial charge in [-0.05, 0) is 39.0 Å². The van der Waals surface area contributed by atoms with Crippen LogP contribution in [0.1, 0.15) is 25.4 Å². The summed E-state index contributed by atoms with van der Waals surface area (Å²) in [6, 6.07) is 3.63. The van der Waals surface area contributed by atoms with Crippen LogP contribution < -0.4 is 0 Å². The Morgan fingerprint density at radius 3 is 2.76 bits per heavy atom. The number of ether oxygens (including phenoxy) is 2. The molecular formula is C13H18O4. The normalized spacial score (nSPS) is 11.3. The van der Waals surface area contributed by atoms with E-state index >= 15 is 0 Å². The van der Waals surface area contributed by atoms with E-state index in [4.69, 9.17) is 13.9 Å². The van der Waals surface area contributed by atoms with Crippen LogP contribution in [0.4, 0.5) is 0 Å². The fraction of sp³-hybridized carbons (Fsp3) is 0.462. The molecule has 17 heavy (non-hydrogen) atoms. The highest BCUT2D eigenvalue weighted by atomic mass is 16.6. The minimum absolute atomic E-state index is 0.148. The molecule has 0 aliphatic rings. The summed E-state index contributed by atoms with van der Waals surface area (Å²) >= 11 is 0. The summed E-state index contributed by atoms with van der Waals surface area (Å²) in [6.45, 7) is 6.39. The van der Waals surface area contributed by atoms with Gasteiger partial charge in [0.1, 0.15) is 18.1 Å². The molecule has 94 valence electrons. The van der Waals surface area contributed by atoms with E-state index in [1.165, 1.54) is 6.08 Å². The number of rotatable bonds is 6. The van der Waals surface area contributed by atoms with E-state index in [1.54, 1.807) is 12.1 Å². The smallest absolute Gasteiger partial charge is 0.330 e. The molecule has 0 amide bonds. The summed E-state index contributed by atoms with van der Waals surface area (Å²) in [4.78, 5) is 11.3. The first-order valence-corrected chi connectivity index (χ1v) is 5.61. The monoisotopic (exact) mass is 238 g/mol. The van der Waals surface area contributed by atoms with Gasteiger partial charge in [-0.3, -0.25) is 0 Å². The van der Waals surface area contributed by atoms with E-state index in [0.29, 0.717) is 12.4 Å². The molecule has 0 bridgehead atoms. The van der Waals surface area contributed by atoms with Gasteiger partial charge in [-0.25, -0.2) is 4.79 Å². The maximum Gasteiger partial charge on any atom is 0.330 e. The Hall–Kier alpha value is -1.55. The third-order valence-electron chi connectivity index (χ3n) is 1.92. The summed E-state index contributed by atoms with van der Waals surface area (Å²) in [5.74, 6) is 1.05. The number of hydrogen-bond acceptors (Lipinski definition) is 4. The van der Waals surface area contributed by atoms with Crippen LogP contribution >= 0.6 is 0 Å². The molecule has 1 heterocycles. The van der Waals surface area contributed by atoms with Gasteiger partial charge in [0.15, 0.2) is 0 Å². The minimum Gasteiger partial charge on any atom is -0.462 e. The molecule has 1 aromatic rings. The molecule has 0 aliphatic carbocycles. The predicted octanol–water partition coefficient (Wildman–Crippen LogP) is 2.57. The first kappa shape index (κ1) is 13.5. The van der Waals surface area contributed by atoms with Gasteiger partial charge in [-0.1, -0.05) is 0 Å². The standard InChI is InChI=1S/C13H18O4/c1-10(2)15-8-9-16-13(14)7-6-12-5-4-11(3)17-12/h4-7,10H,8-9H2,1-3H3/b7-6+. The first-order chi connectivity index (χ1) is 8.08. The molecule has 0 saturated carbocycles. The van der Waals surface area contributed by atoms with Crippen molar-refractivity contribution in [3.05, 3.63) is 29.7 Å². The first-order valence-electron chi connectivity index (χ1n) is 5.61. The highest BCUT2D eigenvalue weighted by Gasteiger charge is 1.99. The summed E-state index contributed by atoms with van der Waals surface area (Å²) in [5, 5.41) is 0. The Bertz CT molecular complexity index is 377. The summed E-state index contributed by atoms with van der Waals surface area (Å²) in [7, 11) is 0. The van der Waals surface area contributed by atoms with E-state index < -0.39 is 5.97 Å². The Labute approximate surface area is 101 Å². The fourth-order valence-electron chi connectivity index (χ4n) is 1.17. The second kappa shape index (κ2) is 6.91. The maximum absolute atomic E-state index is 11.3. The van der Waals surface area contributed by atoms with E-state index in [0.717, 1.165) is 5.76 Å². The molecule has 1 aromatic heterocycles. The van der Waals surface area contributed by atoms with E-state index in [9.17, 15) is 4.79 Å². The zero-order valence-electron chi connectivity index (χ0n) is 10.4. The molecule has 0 N–H and O–H groups in total. The molecule has 0 unspecified atom stereocenters. The number of carbonyl (C=O) groups is 1. The van der Waals surface area contributed by atoms with Crippen LogP contribution in [-0.4, -0.2) is 25.3 Å². The molecule has 4 heteroatoms. The molecule has 0 spiro atoms. The number of esters is 1. The van der Waals surface area contributed by atoms with Crippen LogP contribution in [0, 0.1) is 6.92 Å². The average molecular weight is 238 g/mol. The van der Waals surface area contributed by atoms with Gasteiger partial charge in [0, 0.05) is 6.08 Å². The van der Waals surface area contributed by atoms with Gasteiger partial charge in [0.2, 0.25) is 0 Å². The lowest BCUT2D eigenvalue weighted by atomic mass is 10.4. The van der Waals surface area contributed by atoms with Crippen molar-refractivity contribution in [2.75, 3.05) is 13.2 Å². The number of hydrogen-bond donors (Lipinski definition) is 0. The average Bonchev–Trinajstić information content (AvgIpc) is 2.67.